The van der Waals surface area contributed by atoms with Crippen molar-refractivity contribution in [2.45, 2.75) is 20.4 Å². The van der Waals surface area contributed by atoms with Crippen LogP contribution < -0.4 is 4.90 Å². The topological polar surface area (TPSA) is 51.0 Å². The van der Waals surface area contributed by atoms with E-state index in [1.165, 1.54) is 23.5 Å². The molecule has 28 heavy (non-hydrogen) atoms. The molecule has 0 N–H and O–H groups in total. The van der Waals surface area contributed by atoms with E-state index < -0.39 is 5.82 Å². The first-order valence-electron chi connectivity index (χ1n) is 8.94. The van der Waals surface area contributed by atoms with Crippen LogP contribution in [0.5, 0.6) is 0 Å². The number of carbonyl (C=O) groups is 1. The average molecular weight is 394 g/mol. The van der Waals surface area contributed by atoms with Gasteiger partial charge in [0.25, 0.3) is 5.91 Å². The highest BCUT2D eigenvalue weighted by atomic mass is 32.1. The predicted molar refractivity (Wildman–Crippen MR) is 109 cm³/mol. The van der Waals surface area contributed by atoms with Crippen LogP contribution >= 0.6 is 11.3 Å². The molecule has 0 fully saturated rings. The quantitative estimate of drug-likeness (QED) is 0.497. The maximum Gasteiger partial charge on any atom is 0.260 e. The fourth-order valence-corrected chi connectivity index (χ4v) is 4.34. The Morgan fingerprint density at radius 2 is 2.07 bits per heavy atom. The molecule has 2 aromatic heterocycles. The van der Waals surface area contributed by atoms with Gasteiger partial charge in [0.1, 0.15) is 5.82 Å². The molecule has 0 bridgehead atoms. The van der Waals surface area contributed by atoms with Crippen LogP contribution in [0.1, 0.15) is 21.5 Å². The minimum Gasteiger partial charge on any atom is -0.282 e. The van der Waals surface area contributed by atoms with Crippen LogP contribution in [0.15, 0.2) is 54.9 Å². The van der Waals surface area contributed by atoms with Gasteiger partial charge in [-0.15, -0.1) is 0 Å². The molecule has 0 saturated carbocycles. The van der Waals surface area contributed by atoms with E-state index in [0.29, 0.717) is 23.8 Å². The van der Waals surface area contributed by atoms with Gasteiger partial charge in [-0.1, -0.05) is 23.5 Å². The number of hydrogen-bond acceptors (Lipinski definition) is 4. The van der Waals surface area contributed by atoms with Crippen LogP contribution in [-0.2, 0) is 6.54 Å². The smallest absolute Gasteiger partial charge is 0.260 e. The van der Waals surface area contributed by atoms with Gasteiger partial charge in [0, 0.05) is 24.5 Å². The molecule has 7 heteroatoms. The first-order chi connectivity index (χ1) is 13.5. The van der Waals surface area contributed by atoms with Crippen LogP contribution in [0.2, 0.25) is 0 Å². The third kappa shape index (κ3) is 3.66. The van der Waals surface area contributed by atoms with Crippen LogP contribution in [0.25, 0.3) is 10.2 Å². The van der Waals surface area contributed by atoms with E-state index in [9.17, 15) is 9.18 Å². The highest BCUT2D eigenvalue weighted by Crippen LogP contribution is 2.32. The van der Waals surface area contributed by atoms with Gasteiger partial charge >= 0.3 is 0 Å². The highest BCUT2D eigenvalue weighted by Gasteiger charge is 2.22. The first-order valence-corrected chi connectivity index (χ1v) is 9.75. The minimum atomic E-state index is -0.436. The van der Waals surface area contributed by atoms with Gasteiger partial charge in [0.2, 0.25) is 0 Å². The molecule has 0 saturated heterocycles. The van der Waals surface area contributed by atoms with Crippen LogP contribution in [0.4, 0.5) is 9.52 Å². The molecule has 4 aromatic rings. The zero-order valence-electron chi connectivity index (χ0n) is 15.6. The van der Waals surface area contributed by atoms with E-state index in [1.807, 2.05) is 26.1 Å². The summed E-state index contributed by atoms with van der Waals surface area (Å²) in [6, 6.07) is 11.7. The number of hydrogen-bond donors (Lipinski definition) is 0. The molecule has 0 aliphatic carbocycles. The lowest BCUT2D eigenvalue weighted by molar-refractivity contribution is 0.0985. The summed E-state index contributed by atoms with van der Waals surface area (Å²) in [7, 11) is 0. The second kappa shape index (κ2) is 7.52. The summed E-state index contributed by atoms with van der Waals surface area (Å²) in [5, 5.41) is 4.80. The average Bonchev–Trinajstić information content (AvgIpc) is 3.31. The molecular weight excluding hydrogens is 375 g/mol. The van der Waals surface area contributed by atoms with E-state index in [1.54, 1.807) is 27.9 Å². The van der Waals surface area contributed by atoms with Crippen molar-refractivity contribution < 1.29 is 9.18 Å². The number of carbonyl (C=O) groups excluding carboxylic acids is 1. The van der Waals surface area contributed by atoms with Crippen molar-refractivity contribution in [3.8, 4) is 0 Å². The molecule has 0 radical (unpaired) electrons. The number of thiazole rings is 1. The summed E-state index contributed by atoms with van der Waals surface area (Å²) in [5.41, 5.74) is 3.41. The molecule has 0 atom stereocenters. The largest absolute Gasteiger partial charge is 0.282 e. The molecule has 4 rings (SSSR count). The molecule has 2 heterocycles. The molecule has 2 aromatic carbocycles. The number of anilines is 1. The van der Waals surface area contributed by atoms with Crippen LogP contribution in [-0.4, -0.2) is 27.2 Å². The lowest BCUT2D eigenvalue weighted by Gasteiger charge is -2.20. The molecule has 142 valence electrons. The van der Waals surface area contributed by atoms with Crippen molar-refractivity contribution in [3.63, 3.8) is 0 Å². The summed E-state index contributed by atoms with van der Waals surface area (Å²) >= 11 is 1.47. The van der Waals surface area contributed by atoms with E-state index in [0.717, 1.165) is 21.3 Å². The van der Waals surface area contributed by atoms with Gasteiger partial charge in [-0.2, -0.15) is 5.10 Å². The van der Waals surface area contributed by atoms with Crippen molar-refractivity contribution in [3.05, 3.63) is 77.4 Å². The SMILES string of the molecule is Cc1cc(C)c2nc(N(CCn3cccn3)C(=O)c3cccc(F)c3)sc2c1. The van der Waals surface area contributed by atoms with Crippen molar-refractivity contribution in [2.75, 3.05) is 11.4 Å². The first kappa shape index (κ1) is 18.3. The Bertz CT molecular complexity index is 1140. The van der Waals surface area contributed by atoms with E-state index >= 15 is 0 Å². The third-order valence-corrected chi connectivity index (χ3v) is 5.50. The second-order valence-electron chi connectivity index (χ2n) is 6.66. The van der Waals surface area contributed by atoms with Gasteiger partial charge in [0.15, 0.2) is 5.13 Å². The Kier molecular flexibility index (Phi) is 4.92. The van der Waals surface area contributed by atoms with Crippen molar-refractivity contribution in [2.24, 2.45) is 0 Å². The number of benzene rings is 2. The van der Waals surface area contributed by atoms with Gasteiger partial charge < -0.3 is 0 Å². The number of rotatable bonds is 5. The van der Waals surface area contributed by atoms with Crippen molar-refractivity contribution >= 4 is 32.6 Å². The zero-order chi connectivity index (χ0) is 19.7. The molecule has 5 nitrogen and oxygen atoms in total. The number of halogens is 1. The number of aromatic nitrogens is 3. The lowest BCUT2D eigenvalue weighted by Crippen LogP contribution is -2.34. The summed E-state index contributed by atoms with van der Waals surface area (Å²) in [6.07, 6.45) is 3.54. The Morgan fingerprint density at radius 3 is 2.82 bits per heavy atom. The molecular formula is C21H19FN4OS. The zero-order valence-corrected chi connectivity index (χ0v) is 16.4. The van der Waals surface area contributed by atoms with Gasteiger partial charge in [0.05, 0.1) is 16.8 Å². The number of nitrogens with zero attached hydrogens (tertiary/aromatic N) is 4. The number of fused-ring (bicyclic) bond motifs is 1. The monoisotopic (exact) mass is 394 g/mol. The number of aryl methyl sites for hydroxylation is 2. The van der Waals surface area contributed by atoms with Crippen LogP contribution in [0.3, 0.4) is 0 Å². The Labute approximate surface area is 166 Å². The summed E-state index contributed by atoms with van der Waals surface area (Å²) in [6.45, 7) is 4.96. The van der Waals surface area contributed by atoms with Gasteiger partial charge in [-0.3, -0.25) is 14.4 Å². The Balaban J connectivity index is 1.73. The lowest BCUT2D eigenvalue weighted by atomic mass is 10.1. The standard InChI is InChI=1S/C21H19FN4OS/c1-14-11-15(2)19-18(12-14)28-21(24-19)26(10-9-25-8-4-7-23-25)20(27)16-5-3-6-17(22)13-16/h3-8,11-13H,9-10H2,1-2H3. The fourth-order valence-electron chi connectivity index (χ4n) is 3.17. The van der Waals surface area contributed by atoms with Gasteiger partial charge in [-0.25, -0.2) is 9.37 Å². The molecule has 0 aliphatic rings. The maximum atomic E-state index is 13.7. The molecule has 0 aliphatic heterocycles. The van der Waals surface area contributed by atoms with Crippen LogP contribution in [0, 0.1) is 19.7 Å². The number of amides is 1. The molecule has 0 unspecified atom stereocenters. The second-order valence-corrected chi connectivity index (χ2v) is 7.67. The van der Waals surface area contributed by atoms with Gasteiger partial charge in [-0.05, 0) is 55.3 Å². The van der Waals surface area contributed by atoms with E-state index in [-0.39, 0.29) is 5.91 Å². The fraction of sp³-hybridized carbons (Fsp3) is 0.190. The normalized spacial score (nSPS) is 11.1. The van der Waals surface area contributed by atoms with E-state index in [2.05, 4.69) is 17.2 Å². The summed E-state index contributed by atoms with van der Waals surface area (Å²) in [5.74, 6) is -0.714. The highest BCUT2D eigenvalue weighted by molar-refractivity contribution is 7.22. The summed E-state index contributed by atoms with van der Waals surface area (Å²) < 4.78 is 16.5. The Hall–Kier alpha value is -3.06. The van der Waals surface area contributed by atoms with Crippen molar-refractivity contribution in [1.29, 1.82) is 0 Å². The molecule has 0 spiro atoms. The third-order valence-electron chi connectivity index (χ3n) is 4.48. The molecule has 1 amide bonds. The maximum absolute atomic E-state index is 13.7. The Morgan fingerprint density at radius 1 is 1.21 bits per heavy atom. The summed E-state index contributed by atoms with van der Waals surface area (Å²) in [4.78, 5) is 19.5. The minimum absolute atomic E-state index is 0.278. The van der Waals surface area contributed by atoms with Crippen molar-refractivity contribution in [1.82, 2.24) is 14.8 Å². The predicted octanol–water partition coefficient (Wildman–Crippen LogP) is 4.60. The van der Waals surface area contributed by atoms with E-state index in [4.69, 9.17) is 4.98 Å².